The molecule has 108 valence electrons. The van der Waals surface area contributed by atoms with Gasteiger partial charge in [-0.15, -0.1) is 0 Å². The molecule has 0 radical (unpaired) electrons. The number of carbonyl (C=O) groups is 2. The van der Waals surface area contributed by atoms with Crippen LogP contribution in [0.3, 0.4) is 0 Å². The van der Waals surface area contributed by atoms with E-state index in [4.69, 9.17) is 5.11 Å². The maximum absolute atomic E-state index is 11.7. The fraction of sp³-hybridized carbons (Fsp3) is 0.636. The molecule has 0 aromatic heterocycles. The topological polar surface area (TPSA) is 110 Å². The number of carboxylic acids is 1. The van der Waals surface area contributed by atoms with Gasteiger partial charge in [-0.3, -0.25) is 9.59 Å². The summed E-state index contributed by atoms with van der Waals surface area (Å²) in [5.74, 6) is -2.27. The monoisotopic (exact) mass is 291 g/mol. The Morgan fingerprint density at radius 2 is 2.11 bits per heavy atom. The molecule has 7 nitrogen and oxygen atoms in total. The average molecular weight is 291 g/mol. The zero-order chi connectivity index (χ0) is 14.5. The Labute approximate surface area is 111 Å². The first-order valence-electron chi connectivity index (χ1n) is 5.82. The van der Waals surface area contributed by atoms with Crippen molar-refractivity contribution in [3.05, 3.63) is 12.2 Å². The molecule has 2 N–H and O–H groups in total. The maximum Gasteiger partial charge on any atom is 0.310 e. The van der Waals surface area contributed by atoms with E-state index in [1.54, 1.807) is 0 Å². The molecule has 0 amide bonds. The largest absolute Gasteiger partial charge is 0.481 e. The third-order valence-corrected chi connectivity index (χ3v) is 4.24. The number of ether oxygens (including phenoxy) is 1. The first-order chi connectivity index (χ1) is 8.84. The van der Waals surface area contributed by atoms with Crippen LogP contribution >= 0.6 is 0 Å². The molecule has 1 aliphatic rings. The zero-order valence-corrected chi connectivity index (χ0v) is 11.4. The molecule has 0 heterocycles. The van der Waals surface area contributed by atoms with Crippen molar-refractivity contribution < 1.29 is 27.9 Å². The third kappa shape index (κ3) is 5.39. The number of carbonyl (C=O) groups excluding carboxylic acids is 1. The molecule has 1 aliphatic carbocycles. The Balaban J connectivity index is 2.38. The molecule has 0 aromatic rings. The van der Waals surface area contributed by atoms with Gasteiger partial charge in [0.15, 0.2) is 0 Å². The van der Waals surface area contributed by atoms with Crippen molar-refractivity contribution in [3.8, 4) is 0 Å². The fourth-order valence-corrected chi connectivity index (χ4v) is 3.05. The Kier molecular flexibility index (Phi) is 5.49. The lowest BCUT2D eigenvalue weighted by atomic mass is 10.1. The van der Waals surface area contributed by atoms with E-state index in [2.05, 4.69) is 9.46 Å². The van der Waals surface area contributed by atoms with Crippen LogP contribution in [0.15, 0.2) is 12.2 Å². The highest BCUT2D eigenvalue weighted by Gasteiger charge is 2.27. The van der Waals surface area contributed by atoms with Crippen molar-refractivity contribution in [1.82, 2.24) is 4.72 Å². The van der Waals surface area contributed by atoms with Gasteiger partial charge < -0.3 is 9.84 Å². The summed E-state index contributed by atoms with van der Waals surface area (Å²) in [6.45, 7) is 0. The second kappa shape index (κ2) is 6.67. The Morgan fingerprint density at radius 3 is 2.63 bits per heavy atom. The van der Waals surface area contributed by atoms with Gasteiger partial charge in [0, 0.05) is 12.5 Å². The van der Waals surface area contributed by atoms with Gasteiger partial charge in [0.2, 0.25) is 10.0 Å². The van der Waals surface area contributed by atoms with Crippen LogP contribution < -0.4 is 4.72 Å². The van der Waals surface area contributed by atoms with Crippen LogP contribution in [0.25, 0.3) is 0 Å². The Hall–Kier alpha value is -1.41. The molecule has 0 fully saturated rings. The molecule has 8 heteroatoms. The number of methoxy groups -OCH3 is 1. The van der Waals surface area contributed by atoms with E-state index >= 15 is 0 Å². The van der Waals surface area contributed by atoms with Crippen LogP contribution in [0, 0.1) is 5.92 Å². The predicted molar refractivity (Wildman–Crippen MR) is 66.8 cm³/mol. The molecule has 0 aliphatic heterocycles. The molecule has 0 aromatic carbocycles. The highest BCUT2D eigenvalue weighted by molar-refractivity contribution is 7.89. The van der Waals surface area contributed by atoms with E-state index < -0.39 is 33.9 Å². The van der Waals surface area contributed by atoms with E-state index in [0.29, 0.717) is 0 Å². The lowest BCUT2D eigenvalue weighted by Gasteiger charge is -2.12. The number of nitrogens with one attached hydrogen (secondary N) is 1. The smallest absolute Gasteiger partial charge is 0.310 e. The van der Waals surface area contributed by atoms with Gasteiger partial charge in [0.25, 0.3) is 0 Å². The quantitative estimate of drug-likeness (QED) is 0.500. The second-order valence-electron chi connectivity index (χ2n) is 4.29. The predicted octanol–water partition coefficient (Wildman–Crippen LogP) is -0.112. The van der Waals surface area contributed by atoms with Crippen LogP contribution in [-0.2, 0) is 24.3 Å². The number of esters is 1. The third-order valence-electron chi connectivity index (χ3n) is 2.75. The lowest BCUT2D eigenvalue weighted by Crippen LogP contribution is -2.35. The summed E-state index contributed by atoms with van der Waals surface area (Å²) < 4.78 is 30.2. The van der Waals surface area contributed by atoms with Gasteiger partial charge >= 0.3 is 11.9 Å². The van der Waals surface area contributed by atoms with Gasteiger partial charge in [0.1, 0.15) is 0 Å². The first kappa shape index (κ1) is 15.6. The highest BCUT2D eigenvalue weighted by Crippen LogP contribution is 2.18. The number of hydrogen-bond acceptors (Lipinski definition) is 5. The Morgan fingerprint density at radius 1 is 1.42 bits per heavy atom. The molecule has 0 saturated carbocycles. The fourth-order valence-electron chi connectivity index (χ4n) is 1.77. The standard InChI is InChI=1S/C11H17NO6S/c1-18-10(13)3-2-6-19(16,17)12-9-5-4-8(7-9)11(14)15/h4-5,8-9,12H,2-3,6-7H2,1H3,(H,14,15). The minimum absolute atomic E-state index is 0.0374. The van der Waals surface area contributed by atoms with E-state index in [9.17, 15) is 18.0 Å². The van der Waals surface area contributed by atoms with Crippen LogP contribution in [0.2, 0.25) is 0 Å². The number of rotatable bonds is 7. The van der Waals surface area contributed by atoms with E-state index in [-0.39, 0.29) is 25.0 Å². The van der Waals surface area contributed by atoms with Crippen molar-refractivity contribution in [3.63, 3.8) is 0 Å². The van der Waals surface area contributed by atoms with Gasteiger partial charge in [-0.2, -0.15) is 0 Å². The van der Waals surface area contributed by atoms with E-state index in [1.807, 2.05) is 0 Å². The molecule has 0 saturated heterocycles. The molecular weight excluding hydrogens is 274 g/mol. The minimum atomic E-state index is -3.52. The molecule has 1 rings (SSSR count). The maximum atomic E-state index is 11.7. The summed E-state index contributed by atoms with van der Waals surface area (Å²) in [5, 5.41) is 8.78. The zero-order valence-electron chi connectivity index (χ0n) is 10.5. The molecule has 2 unspecified atom stereocenters. The number of carboxylic acid groups (broad SMARTS) is 1. The van der Waals surface area contributed by atoms with Crippen LogP contribution in [0.1, 0.15) is 19.3 Å². The SMILES string of the molecule is COC(=O)CCCS(=O)(=O)NC1C=CC(C(=O)O)C1. The Bertz CT molecular complexity index is 470. The average Bonchev–Trinajstić information content (AvgIpc) is 2.76. The summed E-state index contributed by atoms with van der Waals surface area (Å²) in [6, 6.07) is -0.496. The number of hydrogen-bond donors (Lipinski definition) is 2. The first-order valence-corrected chi connectivity index (χ1v) is 7.47. The minimum Gasteiger partial charge on any atom is -0.481 e. The van der Waals surface area contributed by atoms with Crippen molar-refractivity contribution >= 4 is 22.0 Å². The highest BCUT2D eigenvalue weighted by atomic mass is 32.2. The van der Waals surface area contributed by atoms with Crippen molar-refractivity contribution in [2.24, 2.45) is 5.92 Å². The van der Waals surface area contributed by atoms with Crippen LogP contribution in [0.4, 0.5) is 0 Å². The molecule has 0 bridgehead atoms. The summed E-state index contributed by atoms with van der Waals surface area (Å²) in [7, 11) is -2.28. The summed E-state index contributed by atoms with van der Waals surface area (Å²) in [5.41, 5.74) is 0. The number of aliphatic carboxylic acids is 1. The normalized spacial score (nSPS) is 22.4. The van der Waals surface area contributed by atoms with Crippen molar-refractivity contribution in [2.45, 2.75) is 25.3 Å². The van der Waals surface area contributed by atoms with Gasteiger partial charge in [-0.05, 0) is 12.8 Å². The van der Waals surface area contributed by atoms with Gasteiger partial charge in [-0.1, -0.05) is 12.2 Å². The molecular formula is C11H17NO6S. The van der Waals surface area contributed by atoms with Crippen LogP contribution in [-0.4, -0.2) is 44.4 Å². The summed E-state index contributed by atoms with van der Waals surface area (Å²) in [6.07, 6.45) is 3.43. The second-order valence-corrected chi connectivity index (χ2v) is 6.16. The summed E-state index contributed by atoms with van der Waals surface area (Å²) >= 11 is 0. The number of sulfonamides is 1. The van der Waals surface area contributed by atoms with E-state index in [1.165, 1.54) is 19.3 Å². The molecule has 2 atom stereocenters. The van der Waals surface area contributed by atoms with E-state index in [0.717, 1.165) is 0 Å². The van der Waals surface area contributed by atoms with Gasteiger partial charge in [-0.25, -0.2) is 13.1 Å². The molecule has 0 spiro atoms. The lowest BCUT2D eigenvalue weighted by molar-refractivity contribution is -0.141. The van der Waals surface area contributed by atoms with Crippen LogP contribution in [0.5, 0.6) is 0 Å². The summed E-state index contributed by atoms with van der Waals surface area (Å²) in [4.78, 5) is 21.6. The van der Waals surface area contributed by atoms with Gasteiger partial charge in [0.05, 0.1) is 18.8 Å². The van der Waals surface area contributed by atoms with Crippen molar-refractivity contribution in [2.75, 3.05) is 12.9 Å². The molecule has 19 heavy (non-hydrogen) atoms. The van der Waals surface area contributed by atoms with Crippen molar-refractivity contribution in [1.29, 1.82) is 0 Å².